The van der Waals surface area contributed by atoms with Gasteiger partial charge in [0.15, 0.2) is 0 Å². The molecule has 0 unspecified atom stereocenters. The van der Waals surface area contributed by atoms with Crippen molar-refractivity contribution in [2.45, 2.75) is 70.4 Å². The monoisotopic (exact) mass is 444 g/mol. The molecule has 6 heteroatoms. The van der Waals surface area contributed by atoms with Gasteiger partial charge in [0, 0.05) is 22.4 Å². The Hall–Kier alpha value is -0.780. The van der Waals surface area contributed by atoms with Crippen molar-refractivity contribution in [1.82, 2.24) is 5.32 Å². The molecule has 1 saturated carbocycles. The van der Waals surface area contributed by atoms with Crippen LogP contribution in [0.15, 0.2) is 16.6 Å². The summed E-state index contributed by atoms with van der Waals surface area (Å²) >= 11 is 9.13. The van der Waals surface area contributed by atoms with Gasteiger partial charge in [0.1, 0.15) is 0 Å². The number of anilines is 1. The number of alkyl halides is 1. The molecule has 146 valence electrons. The third kappa shape index (κ3) is 6.43. The molecule has 3 N–H and O–H groups in total. The van der Waals surface area contributed by atoms with Crippen molar-refractivity contribution in [3.05, 3.63) is 27.7 Å². The van der Waals surface area contributed by atoms with Crippen molar-refractivity contribution in [3.8, 4) is 0 Å². The predicted molar refractivity (Wildman–Crippen MR) is 112 cm³/mol. The minimum atomic E-state index is -0.304. The number of nitrogens with one attached hydrogen (secondary N) is 1. The van der Waals surface area contributed by atoms with E-state index in [0.29, 0.717) is 30.3 Å². The Morgan fingerprint density at radius 2 is 2.00 bits per heavy atom. The molecule has 0 bridgehead atoms. The van der Waals surface area contributed by atoms with Crippen LogP contribution in [0, 0.1) is 0 Å². The predicted octanol–water partition coefficient (Wildman–Crippen LogP) is 5.41. The Morgan fingerprint density at radius 1 is 1.27 bits per heavy atom. The van der Waals surface area contributed by atoms with Gasteiger partial charge in [-0.15, -0.1) is 11.6 Å². The van der Waals surface area contributed by atoms with Gasteiger partial charge >= 0.3 is 5.97 Å². The van der Waals surface area contributed by atoms with Gasteiger partial charge in [-0.2, -0.15) is 0 Å². The summed E-state index contributed by atoms with van der Waals surface area (Å²) in [6, 6.07) is 3.59. The molecular weight excluding hydrogens is 416 g/mol. The van der Waals surface area contributed by atoms with E-state index in [0.717, 1.165) is 29.3 Å². The topological polar surface area (TPSA) is 64.3 Å². The summed E-state index contributed by atoms with van der Waals surface area (Å²) in [6.07, 6.45) is 8.95. The Morgan fingerprint density at radius 3 is 2.69 bits per heavy atom. The highest BCUT2D eigenvalue weighted by molar-refractivity contribution is 9.10. The van der Waals surface area contributed by atoms with E-state index in [9.17, 15) is 4.79 Å². The molecule has 1 aliphatic carbocycles. The van der Waals surface area contributed by atoms with Crippen molar-refractivity contribution in [2.75, 3.05) is 18.2 Å². The van der Waals surface area contributed by atoms with E-state index in [1.165, 1.54) is 32.1 Å². The largest absolute Gasteiger partial charge is 0.462 e. The quantitative estimate of drug-likeness (QED) is 0.231. The normalized spacial score (nSPS) is 16.4. The lowest BCUT2D eigenvalue weighted by atomic mass is 9.83. The first kappa shape index (κ1) is 21.5. The van der Waals surface area contributed by atoms with Crippen molar-refractivity contribution >= 4 is 39.2 Å². The Kier molecular flexibility index (Phi) is 8.71. The number of ether oxygens (including phenoxy) is 1. The van der Waals surface area contributed by atoms with Gasteiger partial charge in [-0.05, 0) is 72.7 Å². The van der Waals surface area contributed by atoms with Gasteiger partial charge < -0.3 is 15.8 Å². The van der Waals surface area contributed by atoms with E-state index >= 15 is 0 Å². The highest BCUT2D eigenvalue weighted by Crippen LogP contribution is 2.30. The standard InChI is InChI=1S/C20H30BrClN2O2/c1-20(8-4-2-5-9-20)24-14-16-12-15(13-17(21)18(16)23)19(25)26-11-7-3-6-10-22/h12-13,24H,2-11,14,23H2,1H3. The first-order valence-electron chi connectivity index (χ1n) is 9.51. The number of carbonyl (C=O) groups is 1. The minimum absolute atomic E-state index is 0.149. The molecule has 0 aromatic heterocycles. The average Bonchev–Trinajstić information content (AvgIpc) is 2.63. The van der Waals surface area contributed by atoms with Gasteiger partial charge in [0.05, 0.1) is 17.9 Å². The lowest BCUT2D eigenvalue weighted by Crippen LogP contribution is -2.43. The second kappa shape index (κ2) is 10.5. The van der Waals surface area contributed by atoms with Crippen molar-refractivity contribution < 1.29 is 9.53 Å². The van der Waals surface area contributed by atoms with Crippen LogP contribution in [0.4, 0.5) is 5.69 Å². The fraction of sp³-hybridized carbons (Fsp3) is 0.650. The van der Waals surface area contributed by atoms with E-state index in [1.54, 1.807) is 6.07 Å². The van der Waals surface area contributed by atoms with Gasteiger partial charge in [0.25, 0.3) is 0 Å². The molecule has 0 atom stereocenters. The molecule has 1 fully saturated rings. The molecule has 26 heavy (non-hydrogen) atoms. The number of benzene rings is 1. The molecule has 0 aliphatic heterocycles. The van der Waals surface area contributed by atoms with Gasteiger partial charge in [-0.3, -0.25) is 0 Å². The second-order valence-electron chi connectivity index (χ2n) is 7.39. The zero-order valence-electron chi connectivity index (χ0n) is 15.6. The zero-order chi connectivity index (χ0) is 19.0. The first-order valence-corrected chi connectivity index (χ1v) is 10.8. The van der Waals surface area contributed by atoms with E-state index in [4.69, 9.17) is 22.1 Å². The van der Waals surface area contributed by atoms with Crippen molar-refractivity contribution in [1.29, 1.82) is 0 Å². The molecule has 1 aromatic rings. The van der Waals surface area contributed by atoms with Crippen LogP contribution in [0.25, 0.3) is 0 Å². The number of rotatable bonds is 9. The number of hydrogen-bond donors (Lipinski definition) is 2. The first-order chi connectivity index (χ1) is 12.4. The maximum absolute atomic E-state index is 12.3. The molecule has 2 rings (SSSR count). The second-order valence-corrected chi connectivity index (χ2v) is 8.62. The highest BCUT2D eigenvalue weighted by atomic mass is 79.9. The summed E-state index contributed by atoms with van der Waals surface area (Å²) < 4.78 is 6.11. The number of carbonyl (C=O) groups excluding carboxylic acids is 1. The van der Waals surface area contributed by atoms with Crippen molar-refractivity contribution in [3.63, 3.8) is 0 Å². The van der Waals surface area contributed by atoms with Crippen LogP contribution < -0.4 is 11.1 Å². The third-order valence-corrected chi connectivity index (χ3v) is 6.05. The minimum Gasteiger partial charge on any atom is -0.462 e. The van der Waals surface area contributed by atoms with Crippen LogP contribution >= 0.6 is 27.5 Å². The molecule has 4 nitrogen and oxygen atoms in total. The van der Waals surface area contributed by atoms with Crippen LogP contribution in [-0.2, 0) is 11.3 Å². The summed E-state index contributed by atoms with van der Waals surface area (Å²) in [7, 11) is 0. The molecular formula is C20H30BrClN2O2. The van der Waals surface area contributed by atoms with E-state index in [1.807, 2.05) is 6.07 Å². The molecule has 0 saturated heterocycles. The summed E-state index contributed by atoms with van der Waals surface area (Å²) in [5.41, 5.74) is 8.51. The molecule has 0 amide bonds. The van der Waals surface area contributed by atoms with Crippen LogP contribution in [0.2, 0.25) is 0 Å². The lowest BCUT2D eigenvalue weighted by molar-refractivity contribution is 0.0498. The average molecular weight is 446 g/mol. The van der Waals surface area contributed by atoms with E-state index < -0.39 is 0 Å². The maximum atomic E-state index is 12.3. The SMILES string of the molecule is CC1(NCc2cc(C(=O)OCCCCCCl)cc(Br)c2N)CCCCC1. The molecule has 1 aromatic carbocycles. The molecule has 0 heterocycles. The van der Waals surface area contributed by atoms with Crippen LogP contribution in [0.1, 0.15) is 74.2 Å². The van der Waals surface area contributed by atoms with Crippen LogP contribution in [-0.4, -0.2) is 24.0 Å². The highest BCUT2D eigenvalue weighted by Gasteiger charge is 2.26. The number of nitrogen functional groups attached to an aromatic ring is 1. The zero-order valence-corrected chi connectivity index (χ0v) is 17.9. The van der Waals surface area contributed by atoms with Crippen LogP contribution in [0.5, 0.6) is 0 Å². The molecule has 0 radical (unpaired) electrons. The van der Waals surface area contributed by atoms with E-state index in [-0.39, 0.29) is 11.5 Å². The summed E-state index contributed by atoms with van der Waals surface area (Å²) in [4.78, 5) is 12.3. The number of esters is 1. The third-order valence-electron chi connectivity index (χ3n) is 5.12. The smallest absolute Gasteiger partial charge is 0.338 e. The fourth-order valence-electron chi connectivity index (χ4n) is 3.38. The van der Waals surface area contributed by atoms with Crippen LogP contribution in [0.3, 0.4) is 0 Å². The number of unbranched alkanes of at least 4 members (excludes halogenated alkanes) is 2. The number of hydrogen-bond acceptors (Lipinski definition) is 4. The van der Waals surface area contributed by atoms with Gasteiger partial charge in [-0.25, -0.2) is 4.79 Å². The van der Waals surface area contributed by atoms with Gasteiger partial charge in [-0.1, -0.05) is 19.3 Å². The molecule has 1 aliphatic rings. The number of halogens is 2. The van der Waals surface area contributed by atoms with E-state index in [2.05, 4.69) is 28.2 Å². The Balaban J connectivity index is 1.97. The Bertz CT molecular complexity index is 604. The van der Waals surface area contributed by atoms with Crippen molar-refractivity contribution in [2.24, 2.45) is 0 Å². The van der Waals surface area contributed by atoms with Gasteiger partial charge in [0.2, 0.25) is 0 Å². The fourth-order valence-corrected chi connectivity index (χ4v) is 4.07. The lowest BCUT2D eigenvalue weighted by Gasteiger charge is -2.35. The number of nitrogens with two attached hydrogens (primary N) is 1. The molecule has 0 spiro atoms. The summed E-state index contributed by atoms with van der Waals surface area (Å²) in [6.45, 7) is 3.34. The Labute approximate surface area is 170 Å². The maximum Gasteiger partial charge on any atom is 0.338 e. The summed E-state index contributed by atoms with van der Waals surface area (Å²) in [5, 5.41) is 3.65. The summed E-state index contributed by atoms with van der Waals surface area (Å²) in [5.74, 6) is 0.343.